The van der Waals surface area contributed by atoms with E-state index in [1.807, 2.05) is 13.8 Å². The van der Waals surface area contributed by atoms with Gasteiger partial charge < -0.3 is 10.2 Å². The molecule has 0 saturated carbocycles. The molecule has 1 heterocycles. The highest BCUT2D eigenvalue weighted by atomic mass is 35.5. The topological polar surface area (TPSA) is 52.0 Å². The molecule has 92 valence electrons. The number of rotatable bonds is 3. The SMILES string of the molecule is CC(C)C(N)Cc1nc2cc(F)cc(Cl)c2o1. The monoisotopic (exact) mass is 256 g/mol. The molecule has 2 aromatic rings. The Morgan fingerprint density at radius 1 is 1.47 bits per heavy atom. The summed E-state index contributed by atoms with van der Waals surface area (Å²) in [6, 6.07) is 2.47. The Morgan fingerprint density at radius 3 is 2.82 bits per heavy atom. The lowest BCUT2D eigenvalue weighted by Gasteiger charge is -2.12. The van der Waals surface area contributed by atoms with Crippen molar-refractivity contribution in [1.29, 1.82) is 0 Å². The predicted octanol–water partition coefficient (Wildman–Crippen LogP) is 3.15. The van der Waals surface area contributed by atoms with E-state index in [4.69, 9.17) is 21.8 Å². The Bertz CT molecular complexity index is 539. The average Bonchev–Trinajstić information content (AvgIpc) is 2.60. The number of nitrogens with two attached hydrogens (primary N) is 1. The van der Waals surface area contributed by atoms with Gasteiger partial charge in [-0.1, -0.05) is 25.4 Å². The minimum atomic E-state index is -0.421. The molecule has 2 rings (SSSR count). The second-order valence-corrected chi connectivity index (χ2v) is 4.86. The molecule has 1 unspecified atom stereocenters. The first-order chi connectivity index (χ1) is 7.97. The zero-order valence-electron chi connectivity index (χ0n) is 9.71. The highest BCUT2D eigenvalue weighted by Gasteiger charge is 2.15. The molecule has 1 atom stereocenters. The first-order valence-electron chi connectivity index (χ1n) is 5.47. The molecule has 2 N–H and O–H groups in total. The number of hydrogen-bond donors (Lipinski definition) is 1. The number of oxazole rings is 1. The number of nitrogens with zero attached hydrogens (tertiary/aromatic N) is 1. The maximum absolute atomic E-state index is 13.1. The summed E-state index contributed by atoms with van der Waals surface area (Å²) < 4.78 is 18.6. The van der Waals surface area contributed by atoms with Crippen LogP contribution < -0.4 is 5.73 Å². The lowest BCUT2D eigenvalue weighted by atomic mass is 10.0. The molecule has 0 bridgehead atoms. The van der Waals surface area contributed by atoms with Crippen LogP contribution in [-0.4, -0.2) is 11.0 Å². The Kier molecular flexibility index (Phi) is 3.35. The van der Waals surface area contributed by atoms with Gasteiger partial charge in [0.15, 0.2) is 11.5 Å². The van der Waals surface area contributed by atoms with Gasteiger partial charge in [0.05, 0.1) is 5.02 Å². The van der Waals surface area contributed by atoms with Crippen LogP contribution in [0.15, 0.2) is 16.5 Å². The number of benzene rings is 1. The molecular formula is C12H14ClFN2O. The van der Waals surface area contributed by atoms with Gasteiger partial charge in [0.25, 0.3) is 0 Å². The first-order valence-corrected chi connectivity index (χ1v) is 5.85. The van der Waals surface area contributed by atoms with Crippen LogP contribution in [0.3, 0.4) is 0 Å². The van der Waals surface area contributed by atoms with Crippen molar-refractivity contribution in [2.45, 2.75) is 26.3 Å². The third kappa shape index (κ3) is 2.58. The minimum absolute atomic E-state index is 0.0355. The molecule has 0 spiro atoms. The normalized spacial score (nSPS) is 13.5. The summed E-state index contributed by atoms with van der Waals surface area (Å²) in [6.45, 7) is 4.06. The van der Waals surface area contributed by atoms with E-state index in [1.165, 1.54) is 12.1 Å². The molecular weight excluding hydrogens is 243 g/mol. The minimum Gasteiger partial charge on any atom is -0.439 e. The van der Waals surface area contributed by atoms with E-state index >= 15 is 0 Å². The van der Waals surface area contributed by atoms with Crippen LogP contribution >= 0.6 is 11.6 Å². The Balaban J connectivity index is 2.35. The molecule has 0 aliphatic rings. The van der Waals surface area contributed by atoms with Crippen LogP contribution in [0, 0.1) is 11.7 Å². The Hall–Kier alpha value is -1.13. The quantitative estimate of drug-likeness (QED) is 0.918. The van der Waals surface area contributed by atoms with Crippen LogP contribution in [0.2, 0.25) is 5.02 Å². The molecule has 0 aliphatic heterocycles. The van der Waals surface area contributed by atoms with Crippen LogP contribution in [0.5, 0.6) is 0 Å². The molecule has 1 aromatic carbocycles. The molecule has 5 heteroatoms. The maximum Gasteiger partial charge on any atom is 0.197 e. The summed E-state index contributed by atoms with van der Waals surface area (Å²) >= 11 is 5.87. The lowest BCUT2D eigenvalue weighted by Crippen LogP contribution is -2.28. The standard InChI is InChI=1S/C12H14ClFN2O/c1-6(2)9(15)5-11-16-10-4-7(14)3-8(13)12(10)17-11/h3-4,6,9H,5,15H2,1-2H3. The van der Waals surface area contributed by atoms with E-state index in [9.17, 15) is 4.39 Å². The number of fused-ring (bicyclic) bond motifs is 1. The predicted molar refractivity (Wildman–Crippen MR) is 65.5 cm³/mol. The lowest BCUT2D eigenvalue weighted by molar-refractivity contribution is 0.433. The van der Waals surface area contributed by atoms with Gasteiger partial charge in [0.1, 0.15) is 11.3 Å². The Morgan fingerprint density at radius 2 is 2.18 bits per heavy atom. The van der Waals surface area contributed by atoms with Crippen LogP contribution in [0.25, 0.3) is 11.1 Å². The van der Waals surface area contributed by atoms with E-state index in [-0.39, 0.29) is 11.1 Å². The first kappa shape index (κ1) is 12.3. The van der Waals surface area contributed by atoms with Crippen molar-refractivity contribution in [1.82, 2.24) is 4.98 Å². The molecule has 1 aromatic heterocycles. The Labute approximate surface area is 104 Å². The van der Waals surface area contributed by atoms with Gasteiger partial charge in [-0.25, -0.2) is 9.37 Å². The van der Waals surface area contributed by atoms with Gasteiger partial charge >= 0.3 is 0 Å². The van der Waals surface area contributed by atoms with Gasteiger partial charge in [-0.15, -0.1) is 0 Å². The van der Waals surface area contributed by atoms with E-state index in [0.717, 1.165) is 0 Å². The summed E-state index contributed by atoms with van der Waals surface area (Å²) in [6.07, 6.45) is 0.518. The van der Waals surface area contributed by atoms with E-state index in [2.05, 4.69) is 4.98 Å². The van der Waals surface area contributed by atoms with Gasteiger partial charge in [-0.05, 0) is 12.0 Å². The van der Waals surface area contributed by atoms with Gasteiger partial charge in [-0.2, -0.15) is 0 Å². The van der Waals surface area contributed by atoms with Crippen LogP contribution in [0.4, 0.5) is 4.39 Å². The van der Waals surface area contributed by atoms with Crippen molar-refractivity contribution in [2.75, 3.05) is 0 Å². The molecule has 3 nitrogen and oxygen atoms in total. The second-order valence-electron chi connectivity index (χ2n) is 4.46. The zero-order chi connectivity index (χ0) is 12.6. The zero-order valence-corrected chi connectivity index (χ0v) is 10.5. The third-order valence-corrected chi connectivity index (χ3v) is 3.00. The fourth-order valence-electron chi connectivity index (χ4n) is 1.53. The highest BCUT2D eigenvalue weighted by molar-refractivity contribution is 6.34. The van der Waals surface area contributed by atoms with Crippen molar-refractivity contribution in [3.63, 3.8) is 0 Å². The van der Waals surface area contributed by atoms with Crippen molar-refractivity contribution >= 4 is 22.7 Å². The number of hydrogen-bond acceptors (Lipinski definition) is 3. The average molecular weight is 257 g/mol. The molecule has 0 fully saturated rings. The van der Waals surface area contributed by atoms with Crippen LogP contribution in [-0.2, 0) is 6.42 Å². The fraction of sp³-hybridized carbons (Fsp3) is 0.417. The molecule has 0 aliphatic carbocycles. The van der Waals surface area contributed by atoms with Gasteiger partial charge in [0.2, 0.25) is 0 Å². The van der Waals surface area contributed by atoms with Gasteiger partial charge in [-0.3, -0.25) is 0 Å². The second kappa shape index (κ2) is 4.63. The summed E-state index contributed by atoms with van der Waals surface area (Å²) in [5.74, 6) is 0.404. The van der Waals surface area contributed by atoms with E-state index in [1.54, 1.807) is 0 Å². The summed E-state index contributed by atoms with van der Waals surface area (Å²) in [5, 5.41) is 0.233. The summed E-state index contributed by atoms with van der Waals surface area (Å²) in [4.78, 5) is 4.19. The molecule has 0 amide bonds. The smallest absolute Gasteiger partial charge is 0.197 e. The molecule has 0 saturated heterocycles. The number of aromatic nitrogens is 1. The molecule has 0 radical (unpaired) electrons. The van der Waals surface area contributed by atoms with E-state index < -0.39 is 5.82 Å². The molecule has 17 heavy (non-hydrogen) atoms. The van der Waals surface area contributed by atoms with E-state index in [0.29, 0.717) is 29.3 Å². The van der Waals surface area contributed by atoms with Gasteiger partial charge in [0, 0.05) is 18.5 Å². The van der Waals surface area contributed by atoms with Crippen molar-refractivity contribution in [2.24, 2.45) is 11.7 Å². The summed E-state index contributed by atoms with van der Waals surface area (Å²) in [5.41, 5.74) is 6.78. The largest absolute Gasteiger partial charge is 0.439 e. The van der Waals surface area contributed by atoms with Crippen LogP contribution in [0.1, 0.15) is 19.7 Å². The van der Waals surface area contributed by atoms with Crippen molar-refractivity contribution in [3.05, 3.63) is 28.9 Å². The maximum atomic E-state index is 13.1. The van der Waals surface area contributed by atoms with Crippen molar-refractivity contribution in [3.8, 4) is 0 Å². The third-order valence-electron chi connectivity index (χ3n) is 2.72. The number of halogens is 2. The highest BCUT2D eigenvalue weighted by Crippen LogP contribution is 2.26. The fourth-order valence-corrected chi connectivity index (χ4v) is 1.77. The van der Waals surface area contributed by atoms with Crippen molar-refractivity contribution < 1.29 is 8.81 Å². The summed E-state index contributed by atoms with van der Waals surface area (Å²) in [7, 11) is 0.